The predicted octanol–water partition coefficient (Wildman–Crippen LogP) is 4.15. The molecular formula is C17H12F3N3OS. The van der Waals surface area contributed by atoms with Crippen LogP contribution in [0.5, 0.6) is 0 Å². The number of thiazole rings is 1. The van der Waals surface area contributed by atoms with Crippen LogP contribution in [0.1, 0.15) is 21.6 Å². The first-order valence-electron chi connectivity index (χ1n) is 7.24. The van der Waals surface area contributed by atoms with Crippen LogP contribution in [0.3, 0.4) is 0 Å². The van der Waals surface area contributed by atoms with Gasteiger partial charge in [0.05, 0.1) is 23.4 Å². The molecular weight excluding hydrogens is 351 g/mol. The van der Waals surface area contributed by atoms with Crippen molar-refractivity contribution < 1.29 is 18.0 Å². The molecule has 3 aromatic rings. The van der Waals surface area contributed by atoms with Crippen molar-refractivity contribution in [3.63, 3.8) is 0 Å². The molecule has 8 heteroatoms. The third kappa shape index (κ3) is 4.03. The monoisotopic (exact) mass is 363 g/mol. The van der Waals surface area contributed by atoms with Gasteiger partial charge in [-0.1, -0.05) is 12.1 Å². The molecule has 1 aromatic carbocycles. The lowest BCUT2D eigenvalue weighted by molar-refractivity contribution is -0.137. The third-order valence-electron chi connectivity index (χ3n) is 3.37. The third-order valence-corrected chi connectivity index (χ3v) is 4.31. The van der Waals surface area contributed by atoms with Gasteiger partial charge < -0.3 is 5.32 Å². The molecule has 1 N–H and O–H groups in total. The summed E-state index contributed by atoms with van der Waals surface area (Å²) in [5, 5.41) is 4.96. The van der Waals surface area contributed by atoms with Crippen molar-refractivity contribution in [3.8, 4) is 10.6 Å². The van der Waals surface area contributed by atoms with E-state index in [0.717, 1.165) is 22.7 Å². The molecule has 4 nitrogen and oxygen atoms in total. The van der Waals surface area contributed by atoms with Gasteiger partial charge in [0, 0.05) is 23.3 Å². The van der Waals surface area contributed by atoms with Gasteiger partial charge in [0.2, 0.25) is 0 Å². The quantitative estimate of drug-likeness (QED) is 0.757. The highest BCUT2D eigenvalue weighted by Crippen LogP contribution is 2.31. The van der Waals surface area contributed by atoms with Gasteiger partial charge in [-0.15, -0.1) is 11.3 Å². The Bertz CT molecular complexity index is 878. The second-order valence-corrected chi connectivity index (χ2v) is 5.97. The Kier molecular flexibility index (Phi) is 4.80. The van der Waals surface area contributed by atoms with Crippen LogP contribution in [0.15, 0.2) is 54.2 Å². The predicted molar refractivity (Wildman–Crippen MR) is 88.0 cm³/mol. The lowest BCUT2D eigenvalue weighted by Crippen LogP contribution is -2.26. The summed E-state index contributed by atoms with van der Waals surface area (Å²) >= 11 is 1.38. The number of nitrogens with one attached hydrogen (secondary N) is 1. The summed E-state index contributed by atoms with van der Waals surface area (Å²) < 4.78 is 38.9. The average molecular weight is 363 g/mol. The summed E-state index contributed by atoms with van der Waals surface area (Å²) in [5.41, 5.74) is 0.0497. The Morgan fingerprint density at radius 2 is 1.96 bits per heavy atom. The minimum Gasteiger partial charge on any atom is -0.346 e. The molecule has 3 rings (SSSR count). The number of hydrogen-bond donors (Lipinski definition) is 1. The largest absolute Gasteiger partial charge is 0.417 e. The van der Waals surface area contributed by atoms with Crippen molar-refractivity contribution in [1.82, 2.24) is 15.3 Å². The summed E-state index contributed by atoms with van der Waals surface area (Å²) in [6.45, 7) is 0.0434. The number of nitrogens with zero attached hydrogens (tertiary/aromatic N) is 2. The highest BCUT2D eigenvalue weighted by atomic mass is 32.1. The van der Waals surface area contributed by atoms with E-state index in [9.17, 15) is 18.0 Å². The van der Waals surface area contributed by atoms with E-state index in [1.807, 2.05) is 6.07 Å². The zero-order valence-electron chi connectivity index (χ0n) is 12.7. The molecule has 0 fully saturated rings. The molecule has 0 unspecified atom stereocenters. The molecule has 0 aliphatic rings. The Balaban J connectivity index is 1.71. The summed E-state index contributed by atoms with van der Waals surface area (Å²) in [5.74, 6) is -0.788. The smallest absolute Gasteiger partial charge is 0.346 e. The second kappa shape index (κ2) is 7.02. The molecule has 0 atom stereocenters. The topological polar surface area (TPSA) is 54.9 Å². The van der Waals surface area contributed by atoms with Crippen LogP contribution >= 0.6 is 11.3 Å². The zero-order valence-corrected chi connectivity index (χ0v) is 13.6. The first-order chi connectivity index (χ1) is 11.9. The van der Waals surface area contributed by atoms with Crippen LogP contribution in [0, 0.1) is 0 Å². The van der Waals surface area contributed by atoms with Crippen LogP contribution in [0.25, 0.3) is 10.6 Å². The van der Waals surface area contributed by atoms with Crippen LogP contribution in [0.2, 0.25) is 0 Å². The summed E-state index contributed by atoms with van der Waals surface area (Å²) in [6.07, 6.45) is -1.26. The number of carbonyl (C=O) groups is 1. The first kappa shape index (κ1) is 17.1. The number of alkyl halides is 3. The molecule has 25 heavy (non-hydrogen) atoms. The second-order valence-electron chi connectivity index (χ2n) is 5.11. The van der Waals surface area contributed by atoms with Gasteiger partial charge in [-0.25, -0.2) is 4.98 Å². The molecule has 0 saturated heterocycles. The maximum absolute atomic E-state index is 13.0. The normalized spacial score (nSPS) is 11.3. The maximum Gasteiger partial charge on any atom is 0.417 e. The molecule has 0 aliphatic carbocycles. The lowest BCUT2D eigenvalue weighted by atomic mass is 10.1. The molecule has 0 radical (unpaired) electrons. The number of pyridine rings is 1. The van der Waals surface area contributed by atoms with Gasteiger partial charge in [-0.2, -0.15) is 13.2 Å². The van der Waals surface area contributed by atoms with E-state index in [1.165, 1.54) is 23.5 Å². The minimum atomic E-state index is -4.58. The highest BCUT2D eigenvalue weighted by molar-refractivity contribution is 7.13. The fourth-order valence-corrected chi connectivity index (χ4v) is 3.01. The molecule has 2 aromatic heterocycles. The number of amides is 1. The van der Waals surface area contributed by atoms with Crippen molar-refractivity contribution in [3.05, 3.63) is 71.0 Å². The Labute approximate surface area is 145 Å². The molecule has 128 valence electrons. The van der Waals surface area contributed by atoms with Crippen molar-refractivity contribution >= 4 is 17.2 Å². The SMILES string of the molecule is O=C(NCc1csc(-c2cccnc2)n1)c1ccccc1C(F)(F)F. The molecule has 2 heterocycles. The van der Waals surface area contributed by atoms with Gasteiger partial charge in [-0.05, 0) is 24.3 Å². The van der Waals surface area contributed by atoms with Gasteiger partial charge in [0.25, 0.3) is 5.91 Å². The zero-order chi connectivity index (χ0) is 17.9. The average Bonchev–Trinajstić information content (AvgIpc) is 3.09. The van der Waals surface area contributed by atoms with E-state index in [1.54, 1.807) is 23.8 Å². The fourth-order valence-electron chi connectivity index (χ4n) is 2.20. The number of aromatic nitrogens is 2. The van der Waals surface area contributed by atoms with Crippen molar-refractivity contribution in [2.24, 2.45) is 0 Å². The van der Waals surface area contributed by atoms with Crippen molar-refractivity contribution in [1.29, 1.82) is 0 Å². The van der Waals surface area contributed by atoms with Crippen LogP contribution < -0.4 is 5.32 Å². The number of rotatable bonds is 4. The van der Waals surface area contributed by atoms with Crippen molar-refractivity contribution in [2.75, 3.05) is 0 Å². The molecule has 0 bridgehead atoms. The standard InChI is InChI=1S/C17H12F3N3OS/c18-17(19,20)14-6-2-1-5-13(14)15(24)22-9-12-10-25-16(23-12)11-4-3-7-21-8-11/h1-8,10H,9H2,(H,22,24). The Morgan fingerprint density at radius 3 is 2.68 bits per heavy atom. The van der Waals surface area contributed by atoms with Crippen LogP contribution in [-0.4, -0.2) is 15.9 Å². The lowest BCUT2D eigenvalue weighted by Gasteiger charge is -2.12. The van der Waals surface area contributed by atoms with Gasteiger partial charge in [0.15, 0.2) is 0 Å². The summed E-state index contributed by atoms with van der Waals surface area (Å²) in [6, 6.07) is 8.33. The Hall–Kier alpha value is -2.74. The highest BCUT2D eigenvalue weighted by Gasteiger charge is 2.34. The van der Waals surface area contributed by atoms with E-state index in [-0.39, 0.29) is 6.54 Å². The fraction of sp³-hybridized carbons (Fsp3) is 0.118. The number of hydrogen-bond acceptors (Lipinski definition) is 4. The molecule has 0 saturated carbocycles. The molecule has 0 aliphatic heterocycles. The summed E-state index contributed by atoms with van der Waals surface area (Å²) in [7, 11) is 0. The summed E-state index contributed by atoms with van der Waals surface area (Å²) in [4.78, 5) is 20.5. The van der Waals surface area contributed by atoms with E-state index in [2.05, 4.69) is 15.3 Å². The molecule has 0 spiro atoms. The van der Waals surface area contributed by atoms with Gasteiger partial charge >= 0.3 is 6.18 Å². The van der Waals surface area contributed by atoms with E-state index < -0.39 is 23.2 Å². The minimum absolute atomic E-state index is 0.0434. The van der Waals surface area contributed by atoms with E-state index >= 15 is 0 Å². The van der Waals surface area contributed by atoms with Crippen LogP contribution in [-0.2, 0) is 12.7 Å². The maximum atomic E-state index is 13.0. The first-order valence-corrected chi connectivity index (χ1v) is 8.12. The van der Waals surface area contributed by atoms with Gasteiger partial charge in [0.1, 0.15) is 5.01 Å². The molecule has 1 amide bonds. The van der Waals surface area contributed by atoms with Crippen LogP contribution in [0.4, 0.5) is 13.2 Å². The number of carbonyl (C=O) groups excluding carboxylic acids is 1. The van der Waals surface area contributed by atoms with E-state index in [4.69, 9.17) is 0 Å². The van der Waals surface area contributed by atoms with Gasteiger partial charge in [-0.3, -0.25) is 9.78 Å². The van der Waals surface area contributed by atoms with Crippen molar-refractivity contribution in [2.45, 2.75) is 12.7 Å². The number of halogens is 3. The number of benzene rings is 1. The van der Waals surface area contributed by atoms with E-state index in [0.29, 0.717) is 5.69 Å². The Morgan fingerprint density at radius 1 is 1.16 bits per heavy atom.